The molecule has 0 fully saturated rings. The Morgan fingerprint density at radius 2 is 2.17 bits per heavy atom. The molecule has 0 atom stereocenters. The summed E-state index contributed by atoms with van der Waals surface area (Å²) in [6, 6.07) is 3.90. The first-order valence-corrected chi connectivity index (χ1v) is 4.39. The monoisotopic (exact) mass is 164 g/mol. The average molecular weight is 164 g/mol. The SMILES string of the molecule is CC(C)CCc1ccc(N)cn1. The van der Waals surface area contributed by atoms with Crippen molar-refractivity contribution >= 4 is 5.69 Å². The summed E-state index contributed by atoms with van der Waals surface area (Å²) >= 11 is 0. The van der Waals surface area contributed by atoms with Crippen molar-refractivity contribution in [1.29, 1.82) is 0 Å². The Bertz CT molecular complexity index is 226. The van der Waals surface area contributed by atoms with Crippen molar-refractivity contribution in [3.05, 3.63) is 24.0 Å². The highest BCUT2D eigenvalue weighted by Crippen LogP contribution is 2.07. The highest BCUT2D eigenvalue weighted by molar-refractivity contribution is 5.34. The number of rotatable bonds is 3. The van der Waals surface area contributed by atoms with Gasteiger partial charge in [-0.2, -0.15) is 0 Å². The number of nitrogens with two attached hydrogens (primary N) is 1. The van der Waals surface area contributed by atoms with E-state index in [0.29, 0.717) is 0 Å². The Balaban J connectivity index is 2.48. The van der Waals surface area contributed by atoms with Gasteiger partial charge in [0, 0.05) is 5.69 Å². The fourth-order valence-electron chi connectivity index (χ4n) is 1.02. The van der Waals surface area contributed by atoms with Gasteiger partial charge in [0.1, 0.15) is 0 Å². The van der Waals surface area contributed by atoms with E-state index in [0.717, 1.165) is 23.7 Å². The van der Waals surface area contributed by atoms with Gasteiger partial charge < -0.3 is 5.73 Å². The Labute approximate surface area is 73.8 Å². The van der Waals surface area contributed by atoms with Gasteiger partial charge in [-0.25, -0.2) is 0 Å². The molecule has 1 aromatic rings. The fourth-order valence-corrected chi connectivity index (χ4v) is 1.02. The van der Waals surface area contributed by atoms with Gasteiger partial charge in [0.15, 0.2) is 0 Å². The van der Waals surface area contributed by atoms with Crippen LogP contribution in [0.3, 0.4) is 0 Å². The predicted octanol–water partition coefficient (Wildman–Crippen LogP) is 2.25. The Morgan fingerprint density at radius 1 is 1.42 bits per heavy atom. The summed E-state index contributed by atoms with van der Waals surface area (Å²) in [4.78, 5) is 4.23. The molecule has 12 heavy (non-hydrogen) atoms. The zero-order chi connectivity index (χ0) is 8.97. The van der Waals surface area contributed by atoms with E-state index >= 15 is 0 Å². The van der Waals surface area contributed by atoms with Crippen molar-refractivity contribution in [2.24, 2.45) is 5.92 Å². The second-order valence-electron chi connectivity index (χ2n) is 3.52. The number of pyridine rings is 1. The van der Waals surface area contributed by atoms with Gasteiger partial charge in [0.2, 0.25) is 0 Å². The Hall–Kier alpha value is -1.05. The van der Waals surface area contributed by atoms with Crippen LogP contribution in [0.1, 0.15) is 26.0 Å². The van der Waals surface area contributed by atoms with E-state index in [9.17, 15) is 0 Å². The molecule has 2 N–H and O–H groups in total. The maximum absolute atomic E-state index is 5.52. The van der Waals surface area contributed by atoms with Crippen LogP contribution in [-0.2, 0) is 6.42 Å². The Kier molecular flexibility index (Phi) is 3.09. The number of aryl methyl sites for hydroxylation is 1. The lowest BCUT2D eigenvalue weighted by atomic mass is 10.1. The lowest BCUT2D eigenvalue weighted by Crippen LogP contribution is -1.95. The highest BCUT2D eigenvalue weighted by atomic mass is 14.7. The van der Waals surface area contributed by atoms with Gasteiger partial charge in [0.05, 0.1) is 11.9 Å². The molecule has 0 spiro atoms. The summed E-state index contributed by atoms with van der Waals surface area (Å²) in [6.45, 7) is 4.44. The van der Waals surface area contributed by atoms with Crippen molar-refractivity contribution in [3.63, 3.8) is 0 Å². The van der Waals surface area contributed by atoms with Crippen LogP contribution in [0, 0.1) is 5.92 Å². The minimum atomic E-state index is 0.739. The number of aromatic nitrogens is 1. The van der Waals surface area contributed by atoms with E-state index in [2.05, 4.69) is 18.8 Å². The molecule has 1 rings (SSSR count). The summed E-state index contributed by atoms with van der Waals surface area (Å²) in [5.74, 6) is 0.740. The Morgan fingerprint density at radius 3 is 2.67 bits per heavy atom. The molecule has 0 saturated heterocycles. The van der Waals surface area contributed by atoms with Gasteiger partial charge in [-0.1, -0.05) is 13.8 Å². The summed E-state index contributed by atoms with van der Waals surface area (Å²) in [7, 11) is 0. The molecule has 1 heterocycles. The number of hydrogen-bond acceptors (Lipinski definition) is 2. The molecule has 0 aromatic carbocycles. The number of anilines is 1. The first-order chi connectivity index (χ1) is 5.68. The number of hydrogen-bond donors (Lipinski definition) is 1. The lowest BCUT2D eigenvalue weighted by Gasteiger charge is -2.03. The number of nitrogens with zero attached hydrogens (tertiary/aromatic N) is 1. The van der Waals surface area contributed by atoms with E-state index in [1.807, 2.05) is 12.1 Å². The third-order valence-electron chi connectivity index (χ3n) is 1.83. The maximum atomic E-state index is 5.52. The molecule has 0 radical (unpaired) electrons. The molecule has 0 unspecified atom stereocenters. The molecular weight excluding hydrogens is 148 g/mol. The van der Waals surface area contributed by atoms with Crippen LogP contribution in [-0.4, -0.2) is 4.98 Å². The second-order valence-corrected chi connectivity index (χ2v) is 3.52. The first kappa shape index (κ1) is 9.04. The topological polar surface area (TPSA) is 38.9 Å². The van der Waals surface area contributed by atoms with Gasteiger partial charge >= 0.3 is 0 Å². The summed E-state index contributed by atoms with van der Waals surface area (Å²) < 4.78 is 0. The summed E-state index contributed by atoms with van der Waals surface area (Å²) in [5, 5.41) is 0. The van der Waals surface area contributed by atoms with Crippen molar-refractivity contribution in [2.45, 2.75) is 26.7 Å². The van der Waals surface area contributed by atoms with Gasteiger partial charge in [0.25, 0.3) is 0 Å². The molecule has 66 valence electrons. The maximum Gasteiger partial charge on any atom is 0.0501 e. The van der Waals surface area contributed by atoms with Gasteiger partial charge in [-0.05, 0) is 30.9 Å². The molecule has 0 aliphatic heterocycles. The number of nitrogen functional groups attached to an aromatic ring is 1. The lowest BCUT2D eigenvalue weighted by molar-refractivity contribution is 0.581. The van der Waals surface area contributed by atoms with Crippen LogP contribution in [0.2, 0.25) is 0 Å². The molecule has 0 saturated carbocycles. The van der Waals surface area contributed by atoms with Crippen molar-refractivity contribution in [2.75, 3.05) is 5.73 Å². The van der Waals surface area contributed by atoms with Crippen LogP contribution < -0.4 is 5.73 Å². The molecule has 2 heteroatoms. The third-order valence-corrected chi connectivity index (χ3v) is 1.83. The van der Waals surface area contributed by atoms with E-state index < -0.39 is 0 Å². The van der Waals surface area contributed by atoms with E-state index in [1.165, 1.54) is 6.42 Å². The first-order valence-electron chi connectivity index (χ1n) is 4.39. The highest BCUT2D eigenvalue weighted by Gasteiger charge is 1.97. The average Bonchev–Trinajstić information content (AvgIpc) is 2.03. The summed E-state index contributed by atoms with van der Waals surface area (Å²) in [6.07, 6.45) is 3.96. The summed E-state index contributed by atoms with van der Waals surface area (Å²) in [5.41, 5.74) is 7.40. The van der Waals surface area contributed by atoms with E-state index in [-0.39, 0.29) is 0 Å². The predicted molar refractivity (Wildman–Crippen MR) is 51.8 cm³/mol. The molecular formula is C10H16N2. The van der Waals surface area contributed by atoms with E-state index in [4.69, 9.17) is 5.73 Å². The molecule has 0 aliphatic rings. The molecule has 2 nitrogen and oxygen atoms in total. The minimum absolute atomic E-state index is 0.739. The largest absolute Gasteiger partial charge is 0.397 e. The standard InChI is InChI=1S/C10H16N2/c1-8(2)3-5-10-6-4-9(11)7-12-10/h4,6-8H,3,5,11H2,1-2H3. The second kappa shape index (κ2) is 4.10. The van der Waals surface area contributed by atoms with E-state index in [1.54, 1.807) is 6.20 Å². The minimum Gasteiger partial charge on any atom is -0.397 e. The van der Waals surface area contributed by atoms with Gasteiger partial charge in [-0.3, -0.25) is 4.98 Å². The molecule has 0 amide bonds. The molecule has 0 bridgehead atoms. The van der Waals surface area contributed by atoms with Crippen LogP contribution in [0.15, 0.2) is 18.3 Å². The quantitative estimate of drug-likeness (QED) is 0.744. The van der Waals surface area contributed by atoms with Crippen LogP contribution in [0.25, 0.3) is 0 Å². The zero-order valence-corrected chi connectivity index (χ0v) is 7.75. The van der Waals surface area contributed by atoms with Crippen LogP contribution in [0.5, 0.6) is 0 Å². The smallest absolute Gasteiger partial charge is 0.0501 e. The van der Waals surface area contributed by atoms with Crippen molar-refractivity contribution < 1.29 is 0 Å². The van der Waals surface area contributed by atoms with Crippen LogP contribution >= 0.6 is 0 Å². The van der Waals surface area contributed by atoms with Crippen molar-refractivity contribution in [1.82, 2.24) is 4.98 Å². The third kappa shape index (κ3) is 2.91. The zero-order valence-electron chi connectivity index (χ0n) is 7.75. The normalized spacial score (nSPS) is 10.6. The fraction of sp³-hybridized carbons (Fsp3) is 0.500. The van der Waals surface area contributed by atoms with Crippen molar-refractivity contribution in [3.8, 4) is 0 Å². The molecule has 0 aliphatic carbocycles. The van der Waals surface area contributed by atoms with Gasteiger partial charge in [-0.15, -0.1) is 0 Å². The van der Waals surface area contributed by atoms with Crippen LogP contribution in [0.4, 0.5) is 5.69 Å². The molecule has 1 aromatic heterocycles.